The molecule has 6 nitrogen and oxygen atoms in total. The molecule has 140 valence electrons. The van der Waals surface area contributed by atoms with Crippen LogP contribution in [-0.2, 0) is 0 Å². The fraction of sp³-hybridized carbons (Fsp3) is 0.0476. The zero-order valence-corrected chi connectivity index (χ0v) is 15.8. The maximum Gasteiger partial charge on any atom is 0.271 e. The number of nitrogens with one attached hydrogen (secondary N) is 1. The molecule has 0 bridgehead atoms. The van der Waals surface area contributed by atoms with Crippen LogP contribution in [0, 0.1) is 17.0 Å². The van der Waals surface area contributed by atoms with E-state index in [0.29, 0.717) is 5.56 Å². The van der Waals surface area contributed by atoms with Crippen LogP contribution in [0.3, 0.4) is 0 Å². The number of nitro groups is 1. The van der Waals surface area contributed by atoms with Gasteiger partial charge in [0.25, 0.3) is 11.6 Å². The van der Waals surface area contributed by atoms with E-state index in [2.05, 4.69) is 41.7 Å². The van der Waals surface area contributed by atoms with Gasteiger partial charge in [-0.25, -0.2) is 5.43 Å². The second-order valence-corrected chi connectivity index (χ2v) is 7.13. The first-order valence-corrected chi connectivity index (χ1v) is 9.25. The number of rotatable bonds is 6. The monoisotopic (exact) mass is 391 g/mol. The van der Waals surface area contributed by atoms with Gasteiger partial charge in [-0.1, -0.05) is 41.6 Å². The van der Waals surface area contributed by atoms with Crippen molar-refractivity contribution in [3.8, 4) is 0 Å². The van der Waals surface area contributed by atoms with Crippen LogP contribution < -0.4 is 5.43 Å². The maximum atomic E-state index is 12.0. The van der Waals surface area contributed by atoms with E-state index in [1.165, 1.54) is 34.7 Å². The third kappa shape index (κ3) is 5.28. The third-order valence-electron chi connectivity index (χ3n) is 3.86. The number of hydrogen-bond acceptors (Lipinski definition) is 5. The van der Waals surface area contributed by atoms with E-state index in [4.69, 9.17) is 0 Å². The van der Waals surface area contributed by atoms with Crippen molar-refractivity contribution in [3.05, 3.63) is 99.6 Å². The topological polar surface area (TPSA) is 84.6 Å². The number of nitrogens with zero attached hydrogens (tertiary/aromatic N) is 2. The third-order valence-corrected chi connectivity index (χ3v) is 4.87. The average molecular weight is 391 g/mol. The Balaban J connectivity index is 1.56. The summed E-state index contributed by atoms with van der Waals surface area (Å²) >= 11 is 1.67. The lowest BCUT2D eigenvalue weighted by Crippen LogP contribution is -2.17. The summed E-state index contributed by atoms with van der Waals surface area (Å²) in [5, 5.41) is 14.6. The number of hydrazone groups is 1. The van der Waals surface area contributed by atoms with Crippen molar-refractivity contribution in [1.29, 1.82) is 0 Å². The van der Waals surface area contributed by atoms with Gasteiger partial charge in [0.05, 0.1) is 11.1 Å². The highest BCUT2D eigenvalue weighted by molar-refractivity contribution is 7.99. The van der Waals surface area contributed by atoms with Crippen molar-refractivity contribution in [2.45, 2.75) is 16.7 Å². The van der Waals surface area contributed by atoms with Crippen molar-refractivity contribution < 1.29 is 9.72 Å². The highest BCUT2D eigenvalue weighted by atomic mass is 32.2. The van der Waals surface area contributed by atoms with Crippen LogP contribution in [0.5, 0.6) is 0 Å². The first-order valence-electron chi connectivity index (χ1n) is 8.44. The molecule has 0 saturated carbocycles. The minimum Gasteiger partial charge on any atom is -0.267 e. The second kappa shape index (κ2) is 8.96. The predicted molar refractivity (Wildman–Crippen MR) is 110 cm³/mol. The van der Waals surface area contributed by atoms with Gasteiger partial charge in [-0.15, -0.1) is 0 Å². The molecule has 0 radical (unpaired) electrons. The highest BCUT2D eigenvalue weighted by Gasteiger charge is 2.08. The fourth-order valence-corrected chi connectivity index (χ4v) is 3.15. The number of nitro benzene ring substituents is 1. The molecule has 3 aromatic rings. The van der Waals surface area contributed by atoms with E-state index < -0.39 is 10.8 Å². The molecule has 0 heterocycles. The van der Waals surface area contributed by atoms with Gasteiger partial charge < -0.3 is 0 Å². The Kier molecular flexibility index (Phi) is 6.18. The van der Waals surface area contributed by atoms with Crippen LogP contribution in [0.2, 0.25) is 0 Å². The molecule has 0 aliphatic heterocycles. The highest BCUT2D eigenvalue weighted by Crippen LogP contribution is 2.27. The van der Waals surface area contributed by atoms with Crippen LogP contribution in [0.15, 0.2) is 87.7 Å². The molecule has 3 aromatic carbocycles. The molecule has 0 aliphatic carbocycles. The molecule has 1 amide bonds. The molecule has 1 N–H and O–H groups in total. The Bertz CT molecular complexity index is 999. The van der Waals surface area contributed by atoms with Crippen LogP contribution in [-0.4, -0.2) is 17.0 Å². The van der Waals surface area contributed by atoms with Gasteiger partial charge >= 0.3 is 0 Å². The number of amides is 1. The largest absolute Gasteiger partial charge is 0.271 e. The Labute approximate surface area is 166 Å². The van der Waals surface area contributed by atoms with Crippen LogP contribution >= 0.6 is 11.8 Å². The van der Waals surface area contributed by atoms with E-state index in [9.17, 15) is 14.9 Å². The van der Waals surface area contributed by atoms with Gasteiger partial charge in [0.1, 0.15) is 0 Å². The standard InChI is InChI=1S/C21H17N3O3S/c1-15-2-10-19(11-3-15)28-20-12-4-16(5-13-20)14-22-23-21(25)17-6-8-18(9-7-17)24(26)27/h2-14H,1H3,(H,23,25)/b22-14-. The second-order valence-electron chi connectivity index (χ2n) is 5.99. The number of hydrogen-bond donors (Lipinski definition) is 1. The quantitative estimate of drug-likeness (QED) is 0.371. The Morgan fingerprint density at radius 2 is 1.54 bits per heavy atom. The molecular weight excluding hydrogens is 374 g/mol. The first kappa shape index (κ1) is 19.3. The van der Waals surface area contributed by atoms with Gasteiger partial charge in [0, 0.05) is 27.5 Å². The lowest BCUT2D eigenvalue weighted by atomic mass is 10.2. The molecule has 7 heteroatoms. The minimum atomic E-state index is -0.513. The summed E-state index contributed by atoms with van der Waals surface area (Å²) in [4.78, 5) is 24.4. The number of non-ortho nitro benzene ring substituents is 1. The van der Waals surface area contributed by atoms with E-state index in [1.807, 2.05) is 24.3 Å². The van der Waals surface area contributed by atoms with Gasteiger partial charge in [-0.05, 0) is 48.9 Å². The molecular formula is C21H17N3O3S. The first-order chi connectivity index (χ1) is 13.5. The number of carbonyl (C=O) groups is 1. The van der Waals surface area contributed by atoms with Gasteiger partial charge in [-0.3, -0.25) is 14.9 Å². The molecule has 0 saturated heterocycles. The van der Waals surface area contributed by atoms with Crippen molar-refractivity contribution in [3.63, 3.8) is 0 Å². The SMILES string of the molecule is Cc1ccc(Sc2ccc(/C=N\NC(=O)c3ccc([N+](=O)[O-])cc3)cc2)cc1. The number of aryl methyl sites for hydroxylation is 1. The zero-order valence-electron chi connectivity index (χ0n) is 15.0. The lowest BCUT2D eigenvalue weighted by molar-refractivity contribution is -0.384. The number of carbonyl (C=O) groups excluding carboxylic acids is 1. The summed E-state index contributed by atoms with van der Waals surface area (Å²) in [6.45, 7) is 2.06. The van der Waals surface area contributed by atoms with Crippen molar-refractivity contribution >= 4 is 29.6 Å². The van der Waals surface area contributed by atoms with E-state index in [0.717, 1.165) is 10.5 Å². The van der Waals surface area contributed by atoms with E-state index in [-0.39, 0.29) is 5.69 Å². The molecule has 0 fully saturated rings. The molecule has 28 heavy (non-hydrogen) atoms. The van der Waals surface area contributed by atoms with Crippen molar-refractivity contribution in [2.75, 3.05) is 0 Å². The Hall–Kier alpha value is -3.45. The summed E-state index contributed by atoms with van der Waals surface area (Å²) in [6, 6.07) is 21.5. The summed E-state index contributed by atoms with van der Waals surface area (Å²) in [7, 11) is 0. The molecule has 0 aliphatic rings. The van der Waals surface area contributed by atoms with Crippen LogP contribution in [0.4, 0.5) is 5.69 Å². The van der Waals surface area contributed by atoms with Crippen molar-refractivity contribution in [2.24, 2.45) is 5.10 Å². The zero-order chi connectivity index (χ0) is 19.9. The summed E-state index contributed by atoms with van der Waals surface area (Å²) < 4.78 is 0. The maximum absolute atomic E-state index is 12.0. The summed E-state index contributed by atoms with van der Waals surface area (Å²) in [5.74, 6) is -0.433. The van der Waals surface area contributed by atoms with Gasteiger partial charge in [0.2, 0.25) is 0 Å². The normalized spacial score (nSPS) is 10.8. The van der Waals surface area contributed by atoms with E-state index >= 15 is 0 Å². The van der Waals surface area contributed by atoms with Gasteiger partial charge in [0.15, 0.2) is 0 Å². The minimum absolute atomic E-state index is 0.0661. The number of benzene rings is 3. The molecule has 3 rings (SSSR count). The van der Waals surface area contributed by atoms with Gasteiger partial charge in [-0.2, -0.15) is 5.10 Å². The van der Waals surface area contributed by atoms with Crippen LogP contribution in [0.25, 0.3) is 0 Å². The Morgan fingerprint density at radius 3 is 2.11 bits per heavy atom. The Morgan fingerprint density at radius 1 is 0.964 bits per heavy atom. The molecule has 0 atom stereocenters. The van der Waals surface area contributed by atoms with Crippen molar-refractivity contribution in [1.82, 2.24) is 5.43 Å². The molecule has 0 spiro atoms. The average Bonchev–Trinajstić information content (AvgIpc) is 2.71. The summed E-state index contributed by atoms with van der Waals surface area (Å²) in [6.07, 6.45) is 1.55. The fourth-order valence-electron chi connectivity index (χ4n) is 2.33. The summed E-state index contributed by atoms with van der Waals surface area (Å²) in [5.41, 5.74) is 4.72. The molecule has 0 aromatic heterocycles. The van der Waals surface area contributed by atoms with Crippen LogP contribution in [0.1, 0.15) is 21.5 Å². The molecule has 0 unspecified atom stereocenters. The lowest BCUT2D eigenvalue weighted by Gasteiger charge is -2.03. The smallest absolute Gasteiger partial charge is 0.267 e. The predicted octanol–water partition coefficient (Wildman–Crippen LogP) is 4.82. The van der Waals surface area contributed by atoms with E-state index in [1.54, 1.807) is 18.0 Å².